The Kier molecular flexibility index (Phi) is 3.63. The van der Waals surface area contributed by atoms with E-state index in [1.54, 1.807) is 12.1 Å². The molecule has 1 aromatic carbocycles. The highest BCUT2D eigenvalue weighted by Crippen LogP contribution is 2.27. The van der Waals surface area contributed by atoms with Gasteiger partial charge in [0, 0.05) is 22.2 Å². The van der Waals surface area contributed by atoms with Crippen LogP contribution < -0.4 is 4.90 Å². The third kappa shape index (κ3) is 2.66. The Hall–Kier alpha value is -0.700. The van der Waals surface area contributed by atoms with Gasteiger partial charge in [0.1, 0.15) is 5.25 Å². The molecule has 4 nitrogen and oxygen atoms in total. The number of hydrogen-bond acceptors (Lipinski definition) is 3. The van der Waals surface area contributed by atoms with Crippen LogP contribution in [-0.2, 0) is 15.0 Å². The van der Waals surface area contributed by atoms with Crippen molar-refractivity contribution >= 4 is 44.4 Å². The minimum atomic E-state index is -4.66. The number of carbonyl (C=O) groups is 1. The molecule has 1 aromatic rings. The summed E-state index contributed by atoms with van der Waals surface area (Å²) in [6.07, 6.45) is -0.288. The maximum Gasteiger partial charge on any atom is 0.307 e. The van der Waals surface area contributed by atoms with Crippen LogP contribution in [0.2, 0.25) is 0 Å². The van der Waals surface area contributed by atoms with Gasteiger partial charge in [-0.1, -0.05) is 0 Å². The van der Waals surface area contributed by atoms with Crippen LogP contribution in [0.1, 0.15) is 12.0 Å². The highest BCUT2D eigenvalue weighted by atomic mass is 127. The van der Waals surface area contributed by atoms with Crippen molar-refractivity contribution in [1.29, 1.82) is 0 Å². The van der Waals surface area contributed by atoms with E-state index in [9.17, 15) is 17.1 Å². The maximum atomic E-state index is 12.9. The van der Waals surface area contributed by atoms with Gasteiger partial charge in [-0.3, -0.25) is 4.79 Å². The van der Waals surface area contributed by atoms with Gasteiger partial charge in [0.2, 0.25) is 5.91 Å². The van der Waals surface area contributed by atoms with Crippen LogP contribution in [0.15, 0.2) is 18.2 Å². The van der Waals surface area contributed by atoms with Gasteiger partial charge >= 0.3 is 10.2 Å². The lowest BCUT2D eigenvalue weighted by atomic mass is 10.2. The van der Waals surface area contributed by atoms with Crippen LogP contribution in [0.4, 0.5) is 9.57 Å². The molecule has 98 valence electrons. The van der Waals surface area contributed by atoms with E-state index in [0.29, 0.717) is 5.69 Å². The third-order valence-electron chi connectivity index (χ3n) is 2.94. The van der Waals surface area contributed by atoms with Crippen molar-refractivity contribution in [1.82, 2.24) is 0 Å². The minimum Gasteiger partial charge on any atom is -0.311 e. The van der Waals surface area contributed by atoms with Gasteiger partial charge in [0.25, 0.3) is 0 Å². The molecule has 1 aliphatic rings. The maximum absolute atomic E-state index is 12.9. The molecule has 1 heterocycles. The van der Waals surface area contributed by atoms with Crippen LogP contribution in [0, 0.1) is 10.5 Å². The van der Waals surface area contributed by atoms with Crippen LogP contribution in [0.25, 0.3) is 0 Å². The molecule has 18 heavy (non-hydrogen) atoms. The first-order chi connectivity index (χ1) is 8.29. The summed E-state index contributed by atoms with van der Waals surface area (Å²) >= 11 is 2.17. The summed E-state index contributed by atoms with van der Waals surface area (Å²) in [5.74, 6) is -0.359. The second-order valence-corrected chi connectivity index (χ2v) is 7.02. The van der Waals surface area contributed by atoms with Crippen molar-refractivity contribution in [3.05, 3.63) is 27.3 Å². The first kappa shape index (κ1) is 13.7. The van der Waals surface area contributed by atoms with Crippen LogP contribution in [0.3, 0.4) is 0 Å². The number of nitrogens with zero attached hydrogens (tertiary/aromatic N) is 1. The quantitative estimate of drug-likeness (QED) is 0.580. The van der Waals surface area contributed by atoms with Gasteiger partial charge in [-0.15, -0.1) is 3.89 Å². The fraction of sp³-hybridized carbons (Fsp3) is 0.364. The van der Waals surface area contributed by atoms with Crippen LogP contribution >= 0.6 is 22.6 Å². The molecule has 0 spiro atoms. The van der Waals surface area contributed by atoms with E-state index in [-0.39, 0.29) is 18.9 Å². The third-order valence-corrected chi connectivity index (χ3v) is 5.26. The second kappa shape index (κ2) is 4.76. The Bertz CT molecular complexity index is 602. The number of rotatable bonds is 2. The van der Waals surface area contributed by atoms with Gasteiger partial charge in [0.05, 0.1) is 0 Å². The number of amides is 1. The largest absolute Gasteiger partial charge is 0.311 e. The fourth-order valence-corrected chi connectivity index (χ4v) is 2.91. The van der Waals surface area contributed by atoms with Crippen LogP contribution in [-0.4, -0.2) is 26.1 Å². The van der Waals surface area contributed by atoms with E-state index in [0.717, 1.165) is 9.13 Å². The molecule has 1 aliphatic heterocycles. The normalized spacial score (nSPS) is 20.5. The molecular formula is C11H11FINO3S. The molecule has 1 amide bonds. The molecule has 7 heteroatoms. The highest BCUT2D eigenvalue weighted by molar-refractivity contribution is 14.1. The Labute approximate surface area is 119 Å². The molecule has 0 saturated carbocycles. The van der Waals surface area contributed by atoms with Gasteiger partial charge in [-0.05, 0) is 53.3 Å². The minimum absolute atomic E-state index is 0.113. The average molecular weight is 383 g/mol. The SMILES string of the molecule is Cc1cc(N2CC(S(=O)(=O)F)CC2=O)ccc1I. The van der Waals surface area contributed by atoms with Crippen molar-refractivity contribution in [2.24, 2.45) is 0 Å². The summed E-state index contributed by atoms with van der Waals surface area (Å²) in [7, 11) is -4.66. The van der Waals surface area contributed by atoms with E-state index in [1.165, 1.54) is 4.90 Å². The standard InChI is InChI=1S/C11H11FINO3S/c1-7-4-8(2-3-10(7)13)14-6-9(5-11(14)15)18(12,16)17/h2-4,9H,5-6H2,1H3. The predicted molar refractivity (Wildman–Crippen MR) is 74.7 cm³/mol. The summed E-state index contributed by atoms with van der Waals surface area (Å²) in [6, 6.07) is 5.38. The second-order valence-electron chi connectivity index (χ2n) is 4.24. The molecule has 0 aliphatic carbocycles. The molecule has 0 bridgehead atoms. The molecule has 1 saturated heterocycles. The van der Waals surface area contributed by atoms with Gasteiger partial charge < -0.3 is 4.90 Å². The lowest BCUT2D eigenvalue weighted by Gasteiger charge is -2.17. The van der Waals surface area contributed by atoms with E-state index < -0.39 is 15.5 Å². The molecule has 1 atom stereocenters. The first-order valence-electron chi connectivity index (χ1n) is 5.29. The lowest BCUT2D eigenvalue weighted by molar-refractivity contribution is -0.117. The van der Waals surface area contributed by atoms with E-state index in [4.69, 9.17) is 0 Å². The Balaban J connectivity index is 2.30. The lowest BCUT2D eigenvalue weighted by Crippen LogP contribution is -2.26. The zero-order valence-corrected chi connectivity index (χ0v) is 12.5. The van der Waals surface area contributed by atoms with Crippen molar-refractivity contribution in [2.75, 3.05) is 11.4 Å². The van der Waals surface area contributed by atoms with E-state index >= 15 is 0 Å². The fourth-order valence-electron chi connectivity index (χ4n) is 1.91. The molecule has 0 aromatic heterocycles. The first-order valence-corrected chi connectivity index (χ1v) is 7.81. The number of hydrogen-bond donors (Lipinski definition) is 0. The van der Waals surface area contributed by atoms with E-state index in [1.807, 2.05) is 13.0 Å². The smallest absolute Gasteiger partial charge is 0.307 e. The number of aryl methyl sites for hydroxylation is 1. The van der Waals surface area contributed by atoms with Gasteiger partial charge in [-0.2, -0.15) is 8.42 Å². The van der Waals surface area contributed by atoms with Crippen molar-refractivity contribution < 1.29 is 17.1 Å². The molecular weight excluding hydrogens is 372 g/mol. The number of anilines is 1. The predicted octanol–water partition coefficient (Wildman–Crippen LogP) is 2.00. The number of halogens is 2. The van der Waals surface area contributed by atoms with Gasteiger partial charge in [-0.25, -0.2) is 0 Å². The molecule has 1 unspecified atom stereocenters. The zero-order chi connectivity index (χ0) is 13.5. The summed E-state index contributed by atoms with van der Waals surface area (Å²) in [5.41, 5.74) is 1.61. The van der Waals surface area contributed by atoms with Crippen molar-refractivity contribution in [3.8, 4) is 0 Å². The Morgan fingerprint density at radius 3 is 2.61 bits per heavy atom. The number of benzene rings is 1. The molecule has 0 N–H and O–H groups in total. The van der Waals surface area contributed by atoms with Crippen molar-refractivity contribution in [3.63, 3.8) is 0 Å². The topological polar surface area (TPSA) is 54.5 Å². The summed E-state index contributed by atoms with van der Waals surface area (Å²) in [6.45, 7) is 1.78. The number of carbonyl (C=O) groups excluding carboxylic acids is 1. The summed E-state index contributed by atoms with van der Waals surface area (Å²) in [5, 5.41) is -1.25. The van der Waals surface area contributed by atoms with Crippen molar-refractivity contribution in [2.45, 2.75) is 18.6 Å². The van der Waals surface area contributed by atoms with E-state index in [2.05, 4.69) is 22.6 Å². The highest BCUT2D eigenvalue weighted by Gasteiger charge is 2.39. The zero-order valence-electron chi connectivity index (χ0n) is 9.56. The monoisotopic (exact) mass is 383 g/mol. The molecule has 0 radical (unpaired) electrons. The molecule has 2 rings (SSSR count). The molecule has 1 fully saturated rings. The van der Waals surface area contributed by atoms with Crippen LogP contribution in [0.5, 0.6) is 0 Å². The average Bonchev–Trinajstić information content (AvgIpc) is 2.64. The Morgan fingerprint density at radius 2 is 2.11 bits per heavy atom. The summed E-state index contributed by atoms with van der Waals surface area (Å²) < 4.78 is 35.6. The van der Waals surface area contributed by atoms with Gasteiger partial charge in [0.15, 0.2) is 0 Å². The Morgan fingerprint density at radius 1 is 1.44 bits per heavy atom. The summed E-state index contributed by atoms with van der Waals surface area (Å²) in [4.78, 5) is 13.0.